The van der Waals surface area contributed by atoms with Gasteiger partial charge >= 0.3 is 5.97 Å². The molecule has 0 unspecified atom stereocenters. The molecule has 2 rings (SSSR count). The summed E-state index contributed by atoms with van der Waals surface area (Å²) >= 11 is 0. The number of methoxy groups -OCH3 is 1. The summed E-state index contributed by atoms with van der Waals surface area (Å²) in [5.41, 5.74) is 1.24. The average molecular weight is 348 g/mol. The van der Waals surface area contributed by atoms with E-state index in [1.807, 2.05) is 19.1 Å². The first-order chi connectivity index (χ1) is 12.0. The number of esters is 1. The molecule has 1 saturated heterocycles. The molecule has 5 heteroatoms. The Labute approximate surface area is 151 Å². The van der Waals surface area contributed by atoms with Crippen molar-refractivity contribution < 1.29 is 14.3 Å². The molecular formula is C20H32N2O3. The highest BCUT2D eigenvalue weighted by Gasteiger charge is 2.30. The molecule has 0 radical (unpaired) electrons. The van der Waals surface area contributed by atoms with E-state index >= 15 is 0 Å². The summed E-state index contributed by atoms with van der Waals surface area (Å²) in [7, 11) is 1.68. The van der Waals surface area contributed by atoms with Crippen molar-refractivity contribution in [3.05, 3.63) is 29.8 Å². The molecule has 25 heavy (non-hydrogen) atoms. The van der Waals surface area contributed by atoms with Crippen LogP contribution >= 0.6 is 0 Å². The van der Waals surface area contributed by atoms with Gasteiger partial charge in [0, 0.05) is 31.2 Å². The molecule has 140 valence electrons. The molecule has 2 atom stereocenters. The number of likely N-dealkylation sites (tertiary alicyclic amines) is 1. The molecule has 1 aliphatic heterocycles. The fourth-order valence-corrected chi connectivity index (χ4v) is 3.51. The number of carbonyl (C=O) groups is 1. The number of hydrogen-bond donors (Lipinski definition) is 1. The molecule has 1 fully saturated rings. The van der Waals surface area contributed by atoms with Gasteiger partial charge in [0.05, 0.1) is 20.1 Å². The highest BCUT2D eigenvalue weighted by molar-refractivity contribution is 5.70. The number of benzene rings is 1. The fourth-order valence-electron chi connectivity index (χ4n) is 3.51. The number of hydrogen-bond acceptors (Lipinski definition) is 5. The standard InChI is InChI=1S/C20H32N2O3/c1-5-25-20(23)12-18-9-8-17(21-15(2)3)14-22(18)13-16-6-10-19(24-4)11-7-16/h6-7,10-11,15,17-18,21H,5,8-9,12-14H2,1-4H3/t17-,18-/m1/s1. The van der Waals surface area contributed by atoms with Gasteiger partial charge in [-0.3, -0.25) is 9.69 Å². The predicted octanol–water partition coefficient (Wildman–Crippen LogP) is 2.98. The molecule has 0 saturated carbocycles. The lowest BCUT2D eigenvalue weighted by atomic mass is 9.94. The number of piperidine rings is 1. The maximum atomic E-state index is 12.0. The van der Waals surface area contributed by atoms with E-state index in [0.717, 1.165) is 31.7 Å². The lowest BCUT2D eigenvalue weighted by Gasteiger charge is -2.40. The van der Waals surface area contributed by atoms with E-state index in [4.69, 9.17) is 9.47 Å². The minimum Gasteiger partial charge on any atom is -0.497 e. The minimum absolute atomic E-state index is 0.0949. The van der Waals surface area contributed by atoms with Crippen LogP contribution in [-0.4, -0.2) is 49.3 Å². The van der Waals surface area contributed by atoms with E-state index < -0.39 is 0 Å². The first-order valence-corrected chi connectivity index (χ1v) is 9.30. The Bertz CT molecular complexity index is 530. The van der Waals surface area contributed by atoms with Gasteiger partial charge in [-0.1, -0.05) is 26.0 Å². The second-order valence-corrected chi connectivity index (χ2v) is 7.04. The molecule has 1 aliphatic rings. The molecule has 0 aromatic heterocycles. The molecule has 1 N–H and O–H groups in total. The number of ether oxygens (including phenoxy) is 2. The Balaban J connectivity index is 2.04. The SMILES string of the molecule is CCOC(=O)C[C@H]1CC[C@@H](NC(C)C)CN1Cc1ccc(OC)cc1. The molecule has 0 bridgehead atoms. The third-order valence-corrected chi connectivity index (χ3v) is 4.64. The van der Waals surface area contributed by atoms with Crippen molar-refractivity contribution in [1.82, 2.24) is 10.2 Å². The van der Waals surface area contributed by atoms with Gasteiger partial charge in [0.2, 0.25) is 0 Å². The predicted molar refractivity (Wildman–Crippen MR) is 99.7 cm³/mol. The lowest BCUT2D eigenvalue weighted by Crippen LogP contribution is -2.52. The Kier molecular flexibility index (Phi) is 7.72. The zero-order chi connectivity index (χ0) is 18.2. The van der Waals surface area contributed by atoms with Crippen molar-refractivity contribution in [2.75, 3.05) is 20.3 Å². The van der Waals surface area contributed by atoms with Gasteiger partial charge in [0.15, 0.2) is 0 Å². The van der Waals surface area contributed by atoms with Crippen LogP contribution in [-0.2, 0) is 16.1 Å². The number of nitrogens with zero attached hydrogens (tertiary/aromatic N) is 1. The summed E-state index contributed by atoms with van der Waals surface area (Å²) in [5, 5.41) is 3.64. The fraction of sp³-hybridized carbons (Fsp3) is 0.650. The van der Waals surface area contributed by atoms with Crippen LogP contribution in [0.4, 0.5) is 0 Å². The number of nitrogens with one attached hydrogen (secondary N) is 1. The molecule has 0 amide bonds. The van der Waals surface area contributed by atoms with Crippen molar-refractivity contribution >= 4 is 5.97 Å². The first-order valence-electron chi connectivity index (χ1n) is 9.30. The van der Waals surface area contributed by atoms with E-state index in [1.165, 1.54) is 5.56 Å². The van der Waals surface area contributed by atoms with Gasteiger partial charge in [-0.15, -0.1) is 0 Å². The molecule has 1 aromatic carbocycles. The Morgan fingerprint density at radius 2 is 2.00 bits per heavy atom. The zero-order valence-electron chi connectivity index (χ0n) is 16.0. The summed E-state index contributed by atoms with van der Waals surface area (Å²) < 4.78 is 10.4. The van der Waals surface area contributed by atoms with E-state index in [-0.39, 0.29) is 12.0 Å². The Morgan fingerprint density at radius 1 is 1.28 bits per heavy atom. The van der Waals surface area contributed by atoms with Crippen molar-refractivity contribution in [3.63, 3.8) is 0 Å². The molecule has 0 spiro atoms. The number of rotatable bonds is 8. The molecule has 5 nitrogen and oxygen atoms in total. The van der Waals surface area contributed by atoms with Gasteiger partial charge < -0.3 is 14.8 Å². The highest BCUT2D eigenvalue weighted by atomic mass is 16.5. The largest absolute Gasteiger partial charge is 0.497 e. The molecule has 0 aliphatic carbocycles. The molecular weight excluding hydrogens is 316 g/mol. The third-order valence-electron chi connectivity index (χ3n) is 4.64. The van der Waals surface area contributed by atoms with E-state index in [2.05, 4.69) is 36.2 Å². The number of carbonyl (C=O) groups excluding carboxylic acids is 1. The van der Waals surface area contributed by atoms with Gasteiger partial charge in [-0.25, -0.2) is 0 Å². The second-order valence-electron chi connectivity index (χ2n) is 7.04. The monoisotopic (exact) mass is 348 g/mol. The van der Waals surface area contributed by atoms with Crippen LogP contribution < -0.4 is 10.1 Å². The highest BCUT2D eigenvalue weighted by Crippen LogP contribution is 2.24. The smallest absolute Gasteiger partial charge is 0.307 e. The van der Waals surface area contributed by atoms with E-state index in [9.17, 15) is 4.79 Å². The maximum Gasteiger partial charge on any atom is 0.307 e. The summed E-state index contributed by atoms with van der Waals surface area (Å²) in [4.78, 5) is 14.4. The minimum atomic E-state index is -0.0949. The van der Waals surface area contributed by atoms with Crippen LogP contribution in [0, 0.1) is 0 Å². The topological polar surface area (TPSA) is 50.8 Å². The van der Waals surface area contributed by atoms with Crippen LogP contribution in [0.5, 0.6) is 5.75 Å². The Morgan fingerprint density at radius 3 is 2.60 bits per heavy atom. The summed E-state index contributed by atoms with van der Waals surface area (Å²) in [6.45, 7) is 8.45. The van der Waals surface area contributed by atoms with Crippen LogP contribution in [0.25, 0.3) is 0 Å². The van der Waals surface area contributed by atoms with Crippen LogP contribution in [0.1, 0.15) is 45.6 Å². The van der Waals surface area contributed by atoms with Crippen molar-refractivity contribution in [2.24, 2.45) is 0 Å². The first kappa shape index (κ1) is 19.7. The normalized spacial score (nSPS) is 21.3. The van der Waals surface area contributed by atoms with E-state index in [0.29, 0.717) is 25.1 Å². The summed E-state index contributed by atoms with van der Waals surface area (Å²) in [5.74, 6) is 0.771. The van der Waals surface area contributed by atoms with Crippen molar-refractivity contribution in [3.8, 4) is 5.75 Å². The summed E-state index contributed by atoms with van der Waals surface area (Å²) in [6, 6.07) is 9.35. The van der Waals surface area contributed by atoms with Gasteiger partial charge in [-0.2, -0.15) is 0 Å². The van der Waals surface area contributed by atoms with Gasteiger partial charge in [0.25, 0.3) is 0 Å². The van der Waals surface area contributed by atoms with Crippen LogP contribution in [0.2, 0.25) is 0 Å². The van der Waals surface area contributed by atoms with Crippen molar-refractivity contribution in [2.45, 2.75) is 64.7 Å². The molecule has 1 heterocycles. The third kappa shape index (κ3) is 6.33. The average Bonchev–Trinajstić information content (AvgIpc) is 2.57. The lowest BCUT2D eigenvalue weighted by molar-refractivity contribution is -0.145. The van der Waals surface area contributed by atoms with Crippen LogP contribution in [0.3, 0.4) is 0 Å². The second kappa shape index (κ2) is 9.78. The van der Waals surface area contributed by atoms with Crippen LogP contribution in [0.15, 0.2) is 24.3 Å². The van der Waals surface area contributed by atoms with Gasteiger partial charge in [0.1, 0.15) is 5.75 Å². The Hall–Kier alpha value is -1.59. The molecule has 1 aromatic rings. The van der Waals surface area contributed by atoms with Gasteiger partial charge in [-0.05, 0) is 37.5 Å². The summed E-state index contributed by atoms with van der Waals surface area (Å²) in [6.07, 6.45) is 2.58. The quantitative estimate of drug-likeness (QED) is 0.732. The van der Waals surface area contributed by atoms with Crippen molar-refractivity contribution in [1.29, 1.82) is 0 Å². The zero-order valence-corrected chi connectivity index (χ0v) is 16.0. The van der Waals surface area contributed by atoms with E-state index in [1.54, 1.807) is 7.11 Å². The maximum absolute atomic E-state index is 12.0.